The minimum Gasteiger partial charge on any atom is -0.484 e. The van der Waals surface area contributed by atoms with Crippen LogP contribution in [0.3, 0.4) is 0 Å². The van der Waals surface area contributed by atoms with E-state index in [1.54, 1.807) is 7.11 Å². The van der Waals surface area contributed by atoms with Crippen LogP contribution in [0.2, 0.25) is 0 Å². The summed E-state index contributed by atoms with van der Waals surface area (Å²) in [5.74, 6) is 2.06. The molecule has 0 saturated heterocycles. The highest BCUT2D eigenvalue weighted by atomic mass is 31.2. The van der Waals surface area contributed by atoms with E-state index in [4.69, 9.17) is 23.3 Å². The van der Waals surface area contributed by atoms with Crippen molar-refractivity contribution < 1.29 is 23.3 Å². The van der Waals surface area contributed by atoms with Crippen molar-refractivity contribution in [1.29, 1.82) is 0 Å². The van der Waals surface area contributed by atoms with Crippen LogP contribution in [0.25, 0.3) is 0 Å². The number of ether oxygens (including phenoxy) is 3. The van der Waals surface area contributed by atoms with Crippen LogP contribution in [0, 0.1) is 13.8 Å². The largest absolute Gasteiger partial charge is 0.484 e. The Kier molecular flexibility index (Phi) is 11.8. The van der Waals surface area contributed by atoms with Gasteiger partial charge in [-0.15, -0.1) is 0 Å². The molecule has 0 unspecified atom stereocenters. The molecule has 0 atom stereocenters. The molecule has 0 N–H and O–H groups in total. The van der Waals surface area contributed by atoms with Gasteiger partial charge < -0.3 is 23.3 Å². The lowest BCUT2D eigenvalue weighted by Gasteiger charge is -2.20. The fraction of sp³-hybridized carbons (Fsp3) is 0.314. The molecule has 0 fully saturated rings. The Morgan fingerprint density at radius 1 is 0.683 bits per heavy atom. The Morgan fingerprint density at radius 2 is 1.27 bits per heavy atom. The maximum atomic E-state index is 6.27. The first-order valence-corrected chi connectivity index (χ1v) is 15.4. The second-order valence-electron chi connectivity index (χ2n) is 10.4. The smallest absolute Gasteiger partial charge is 0.211 e. The van der Waals surface area contributed by atoms with Gasteiger partial charge >= 0.3 is 0 Å². The highest BCUT2D eigenvalue weighted by Gasteiger charge is 2.16. The molecule has 0 spiro atoms. The van der Waals surface area contributed by atoms with Crippen molar-refractivity contribution in [2.75, 3.05) is 20.3 Å². The Labute approximate surface area is 246 Å². The number of aryl methyl sites for hydroxylation is 2. The van der Waals surface area contributed by atoms with Crippen molar-refractivity contribution in [3.63, 3.8) is 0 Å². The zero-order valence-corrected chi connectivity index (χ0v) is 25.7. The van der Waals surface area contributed by atoms with E-state index >= 15 is 0 Å². The summed E-state index contributed by atoms with van der Waals surface area (Å²) in [5, 5.41) is 0. The van der Waals surface area contributed by atoms with Crippen molar-refractivity contribution in [1.82, 2.24) is 0 Å². The van der Waals surface area contributed by atoms with Crippen molar-refractivity contribution in [3.8, 4) is 11.5 Å². The lowest BCUT2D eigenvalue weighted by molar-refractivity contribution is 0.0502. The lowest BCUT2D eigenvalue weighted by atomic mass is 9.93. The zero-order valence-electron chi connectivity index (χ0n) is 24.8. The van der Waals surface area contributed by atoms with E-state index in [0.29, 0.717) is 25.5 Å². The Bertz CT molecular complexity index is 1290. The summed E-state index contributed by atoms with van der Waals surface area (Å²) in [4.78, 5) is 0. The molecule has 0 aliphatic heterocycles. The summed E-state index contributed by atoms with van der Waals surface area (Å²) < 4.78 is 29.6. The predicted molar refractivity (Wildman–Crippen MR) is 167 cm³/mol. The predicted octanol–water partition coefficient (Wildman–Crippen LogP) is 9.08. The highest BCUT2D eigenvalue weighted by molar-refractivity contribution is 7.47. The van der Waals surface area contributed by atoms with Crippen LogP contribution in [0.4, 0.5) is 0 Å². The monoisotopic (exact) mass is 572 g/mol. The molecule has 4 aromatic rings. The van der Waals surface area contributed by atoms with Gasteiger partial charge in [-0.2, -0.15) is 0 Å². The van der Waals surface area contributed by atoms with Crippen LogP contribution in [-0.2, 0) is 33.4 Å². The van der Waals surface area contributed by atoms with Crippen LogP contribution in [-0.4, -0.2) is 20.3 Å². The molecule has 0 saturated carbocycles. The molecule has 6 heteroatoms. The third-order valence-electron chi connectivity index (χ3n) is 6.85. The molecule has 4 aromatic carbocycles. The fourth-order valence-corrected chi connectivity index (χ4v) is 5.68. The Morgan fingerprint density at radius 3 is 1.80 bits per heavy atom. The summed E-state index contributed by atoms with van der Waals surface area (Å²) in [6.07, 6.45) is 1.20. The van der Waals surface area contributed by atoms with E-state index in [1.165, 1.54) is 27.8 Å². The van der Waals surface area contributed by atoms with Gasteiger partial charge in [0.15, 0.2) is 13.1 Å². The maximum Gasteiger partial charge on any atom is 0.211 e. The van der Waals surface area contributed by atoms with Crippen LogP contribution in [0.5, 0.6) is 11.5 Å². The van der Waals surface area contributed by atoms with Crippen LogP contribution in [0.1, 0.15) is 58.7 Å². The molecule has 0 aliphatic rings. The Hall–Kier alpha value is -3.21. The second-order valence-corrected chi connectivity index (χ2v) is 11.9. The number of benzene rings is 4. The average Bonchev–Trinajstić information content (AvgIpc) is 2.98. The van der Waals surface area contributed by atoms with Gasteiger partial charge in [0.1, 0.15) is 11.5 Å². The summed E-state index contributed by atoms with van der Waals surface area (Å²) >= 11 is 0. The quantitative estimate of drug-likeness (QED) is 0.105. The molecular formula is C35H41O5P. The van der Waals surface area contributed by atoms with Crippen molar-refractivity contribution >= 4 is 8.38 Å². The minimum absolute atomic E-state index is 0.246. The molecular weight excluding hydrogens is 531 g/mol. The fourth-order valence-electron chi connectivity index (χ4n) is 4.61. The summed E-state index contributed by atoms with van der Waals surface area (Å²) in [6, 6.07) is 31.0. The third-order valence-corrected chi connectivity index (χ3v) is 8.03. The molecule has 4 rings (SSSR count). The number of methoxy groups -OCH3 is 1. The first-order chi connectivity index (χ1) is 19.9. The maximum absolute atomic E-state index is 6.27. The van der Waals surface area contributed by atoms with E-state index < -0.39 is 8.38 Å². The normalized spacial score (nSPS) is 11.3. The standard InChI is InChI=1S/C35H41O5P/c1-26(2)33-20-31(16-17-35(33)37-24-36-5)21-34-27(3)18-32(19-28(34)4)38-25-41(39-22-29-12-8-6-9-13-29)40-23-30-14-10-7-11-15-30/h6-20,26H,21-25H2,1-5H3. The molecule has 5 nitrogen and oxygen atoms in total. The molecule has 0 heterocycles. The van der Waals surface area contributed by atoms with Gasteiger partial charge in [-0.1, -0.05) is 86.6 Å². The molecule has 0 aliphatic carbocycles. The van der Waals surface area contributed by atoms with Gasteiger partial charge in [0.25, 0.3) is 0 Å². The molecule has 41 heavy (non-hydrogen) atoms. The third kappa shape index (κ3) is 9.41. The van der Waals surface area contributed by atoms with Gasteiger partial charge in [0.2, 0.25) is 8.38 Å². The number of hydrogen-bond acceptors (Lipinski definition) is 5. The van der Waals surface area contributed by atoms with Crippen molar-refractivity contribution in [2.24, 2.45) is 0 Å². The second kappa shape index (κ2) is 15.7. The van der Waals surface area contributed by atoms with E-state index in [9.17, 15) is 0 Å². The highest BCUT2D eigenvalue weighted by Crippen LogP contribution is 2.41. The van der Waals surface area contributed by atoms with Gasteiger partial charge in [0, 0.05) is 7.11 Å². The minimum atomic E-state index is -1.26. The van der Waals surface area contributed by atoms with Gasteiger partial charge in [-0.3, -0.25) is 0 Å². The molecule has 0 aromatic heterocycles. The van der Waals surface area contributed by atoms with Crippen molar-refractivity contribution in [3.05, 3.63) is 130 Å². The van der Waals surface area contributed by atoms with Crippen molar-refractivity contribution in [2.45, 2.75) is 53.2 Å². The Balaban J connectivity index is 1.43. The van der Waals surface area contributed by atoms with Crippen LogP contribution in [0.15, 0.2) is 91.0 Å². The first-order valence-electron chi connectivity index (χ1n) is 14.0. The SMILES string of the molecule is COCOc1ccc(Cc2c(C)cc(OCP(OCc3ccccc3)OCc3ccccc3)cc2C)cc1C(C)C. The summed E-state index contributed by atoms with van der Waals surface area (Å²) in [6.45, 7) is 9.87. The average molecular weight is 573 g/mol. The van der Waals surface area contributed by atoms with Gasteiger partial charge in [-0.05, 0) is 83.3 Å². The summed E-state index contributed by atoms with van der Waals surface area (Å²) in [5.41, 5.74) is 8.37. The van der Waals surface area contributed by atoms with Gasteiger partial charge in [0.05, 0.1) is 13.2 Å². The van der Waals surface area contributed by atoms with Gasteiger partial charge in [-0.25, -0.2) is 0 Å². The van der Waals surface area contributed by atoms with E-state index in [2.05, 4.69) is 82.3 Å². The van der Waals surface area contributed by atoms with E-state index in [1.807, 2.05) is 36.4 Å². The summed E-state index contributed by atoms with van der Waals surface area (Å²) in [7, 11) is 0.379. The van der Waals surface area contributed by atoms with Crippen LogP contribution < -0.4 is 9.47 Å². The topological polar surface area (TPSA) is 46.2 Å². The van der Waals surface area contributed by atoms with E-state index in [-0.39, 0.29) is 6.79 Å². The number of hydrogen-bond donors (Lipinski definition) is 0. The first kappa shape index (κ1) is 30.7. The molecule has 0 amide bonds. The van der Waals surface area contributed by atoms with E-state index in [0.717, 1.165) is 29.0 Å². The molecule has 0 bridgehead atoms. The zero-order chi connectivity index (χ0) is 29.0. The van der Waals surface area contributed by atoms with Crippen LogP contribution >= 0.6 is 8.38 Å². The lowest BCUT2D eigenvalue weighted by Crippen LogP contribution is -2.05. The molecule has 0 radical (unpaired) electrons. The number of rotatable bonds is 15. The molecule has 216 valence electrons.